The maximum absolute atomic E-state index is 12.1. The molecule has 2 rings (SSSR count). The molecule has 0 saturated carbocycles. The lowest BCUT2D eigenvalue weighted by Crippen LogP contribution is -2.29. The van der Waals surface area contributed by atoms with Crippen LogP contribution in [-0.2, 0) is 10.0 Å². The SMILES string of the molecule is COc1cccc(-n2c(C)cc(C(=O)NS(C)(=O)=O)c2C)c1. The Balaban J connectivity index is 2.49. The van der Waals surface area contributed by atoms with Crippen LogP contribution in [0.1, 0.15) is 21.7 Å². The third kappa shape index (κ3) is 3.30. The van der Waals surface area contributed by atoms with Crippen LogP contribution < -0.4 is 9.46 Å². The van der Waals surface area contributed by atoms with Crippen molar-refractivity contribution in [2.45, 2.75) is 13.8 Å². The largest absolute Gasteiger partial charge is 0.497 e. The van der Waals surface area contributed by atoms with Crippen molar-refractivity contribution in [1.82, 2.24) is 9.29 Å². The fraction of sp³-hybridized carbons (Fsp3) is 0.267. The number of hydrogen-bond donors (Lipinski definition) is 1. The molecule has 1 aromatic heterocycles. The number of ether oxygens (including phenoxy) is 1. The van der Waals surface area contributed by atoms with E-state index in [2.05, 4.69) is 0 Å². The van der Waals surface area contributed by atoms with Crippen LogP contribution in [0.15, 0.2) is 30.3 Å². The standard InChI is InChI=1S/C15H18N2O4S/c1-10-8-14(15(18)16-22(4,19)20)11(2)17(10)12-6-5-7-13(9-12)21-3/h5-9H,1-4H3,(H,16,18). The highest BCUT2D eigenvalue weighted by atomic mass is 32.2. The number of rotatable bonds is 4. The minimum absolute atomic E-state index is 0.325. The Morgan fingerprint density at radius 1 is 1.23 bits per heavy atom. The van der Waals surface area contributed by atoms with Gasteiger partial charge in [-0.3, -0.25) is 4.79 Å². The third-order valence-corrected chi connectivity index (χ3v) is 3.82. The summed E-state index contributed by atoms with van der Waals surface area (Å²) in [7, 11) is -2.01. The van der Waals surface area contributed by atoms with Crippen LogP contribution in [-0.4, -0.2) is 32.3 Å². The second kappa shape index (κ2) is 5.84. The normalized spacial score (nSPS) is 11.3. The number of nitrogens with one attached hydrogen (secondary N) is 1. The van der Waals surface area contributed by atoms with Crippen molar-refractivity contribution in [2.24, 2.45) is 0 Å². The molecule has 6 nitrogen and oxygen atoms in total. The van der Waals surface area contributed by atoms with E-state index in [1.165, 1.54) is 0 Å². The summed E-state index contributed by atoms with van der Waals surface area (Å²) in [5.74, 6) is 0.0666. The molecule has 1 amide bonds. The maximum Gasteiger partial charge on any atom is 0.266 e. The molecule has 0 aliphatic carbocycles. The van der Waals surface area contributed by atoms with Crippen LogP contribution in [0.3, 0.4) is 0 Å². The number of benzene rings is 1. The summed E-state index contributed by atoms with van der Waals surface area (Å²) in [5, 5.41) is 0. The van der Waals surface area contributed by atoms with Gasteiger partial charge in [-0.05, 0) is 32.0 Å². The molecule has 1 heterocycles. The van der Waals surface area contributed by atoms with Crippen LogP contribution >= 0.6 is 0 Å². The minimum Gasteiger partial charge on any atom is -0.497 e. The van der Waals surface area contributed by atoms with E-state index in [0.29, 0.717) is 17.0 Å². The van der Waals surface area contributed by atoms with Crippen molar-refractivity contribution in [2.75, 3.05) is 13.4 Å². The molecule has 0 unspecified atom stereocenters. The number of aromatic nitrogens is 1. The first kappa shape index (κ1) is 16.1. The molecule has 1 N–H and O–H groups in total. The van der Waals surface area contributed by atoms with E-state index in [1.54, 1.807) is 20.1 Å². The van der Waals surface area contributed by atoms with E-state index in [9.17, 15) is 13.2 Å². The molecule has 0 fully saturated rings. The molecule has 1 aromatic carbocycles. The summed E-state index contributed by atoms with van der Waals surface area (Å²) >= 11 is 0. The minimum atomic E-state index is -3.60. The third-order valence-electron chi connectivity index (χ3n) is 3.27. The van der Waals surface area contributed by atoms with Gasteiger partial charge in [-0.25, -0.2) is 13.1 Å². The number of aryl methyl sites for hydroxylation is 1. The number of hydrogen-bond acceptors (Lipinski definition) is 4. The van der Waals surface area contributed by atoms with Crippen molar-refractivity contribution in [3.05, 3.63) is 47.3 Å². The van der Waals surface area contributed by atoms with Gasteiger partial charge in [0.25, 0.3) is 5.91 Å². The van der Waals surface area contributed by atoms with Crippen LogP contribution in [0.2, 0.25) is 0 Å². The average Bonchev–Trinajstić information content (AvgIpc) is 2.72. The van der Waals surface area contributed by atoms with Crippen molar-refractivity contribution in [1.29, 1.82) is 0 Å². The van der Waals surface area contributed by atoms with Crippen LogP contribution in [0, 0.1) is 13.8 Å². The van der Waals surface area contributed by atoms with E-state index in [0.717, 1.165) is 17.6 Å². The van der Waals surface area contributed by atoms with Crippen molar-refractivity contribution in [3.63, 3.8) is 0 Å². The highest BCUT2D eigenvalue weighted by Crippen LogP contribution is 2.23. The van der Waals surface area contributed by atoms with Gasteiger partial charge in [0.1, 0.15) is 5.75 Å². The summed E-state index contributed by atoms with van der Waals surface area (Å²) in [6, 6.07) is 9.08. The summed E-state index contributed by atoms with van der Waals surface area (Å²) < 4.78 is 31.5. The number of nitrogens with zero attached hydrogens (tertiary/aromatic N) is 1. The zero-order valence-electron chi connectivity index (χ0n) is 12.9. The number of carbonyl (C=O) groups is 1. The molecule has 22 heavy (non-hydrogen) atoms. The Bertz CT molecular complexity index is 822. The van der Waals surface area contributed by atoms with E-state index in [-0.39, 0.29) is 0 Å². The number of amides is 1. The molecule has 0 bridgehead atoms. The Labute approximate surface area is 129 Å². The van der Waals surface area contributed by atoms with Gasteiger partial charge in [-0.1, -0.05) is 6.07 Å². The van der Waals surface area contributed by atoms with E-state index in [1.807, 2.05) is 40.5 Å². The van der Waals surface area contributed by atoms with Gasteiger partial charge in [0, 0.05) is 23.1 Å². The van der Waals surface area contributed by atoms with Crippen LogP contribution in [0.4, 0.5) is 0 Å². The maximum atomic E-state index is 12.1. The Kier molecular flexibility index (Phi) is 4.27. The summed E-state index contributed by atoms with van der Waals surface area (Å²) in [6.45, 7) is 3.62. The molecule has 0 aliphatic heterocycles. The first-order chi connectivity index (χ1) is 10.2. The highest BCUT2D eigenvalue weighted by molar-refractivity contribution is 7.89. The smallest absolute Gasteiger partial charge is 0.266 e. The fourth-order valence-electron chi connectivity index (χ4n) is 2.36. The van der Waals surface area contributed by atoms with Crippen LogP contribution in [0.5, 0.6) is 5.75 Å². The molecule has 0 spiro atoms. The molecule has 2 aromatic rings. The van der Waals surface area contributed by atoms with Gasteiger partial charge in [0.15, 0.2) is 0 Å². The van der Waals surface area contributed by atoms with Gasteiger partial charge < -0.3 is 9.30 Å². The summed E-state index contributed by atoms with van der Waals surface area (Å²) in [4.78, 5) is 12.1. The predicted molar refractivity (Wildman–Crippen MR) is 84.1 cm³/mol. The zero-order chi connectivity index (χ0) is 16.5. The Morgan fingerprint density at radius 2 is 1.91 bits per heavy atom. The first-order valence-corrected chi connectivity index (χ1v) is 8.47. The summed E-state index contributed by atoms with van der Waals surface area (Å²) in [5.41, 5.74) is 2.65. The second-order valence-electron chi connectivity index (χ2n) is 5.03. The van der Waals surface area contributed by atoms with Crippen molar-refractivity contribution >= 4 is 15.9 Å². The highest BCUT2D eigenvalue weighted by Gasteiger charge is 2.19. The molecule has 7 heteroatoms. The number of methoxy groups -OCH3 is 1. The Morgan fingerprint density at radius 3 is 2.50 bits per heavy atom. The lowest BCUT2D eigenvalue weighted by atomic mass is 10.2. The van der Waals surface area contributed by atoms with E-state index in [4.69, 9.17) is 4.74 Å². The zero-order valence-corrected chi connectivity index (χ0v) is 13.7. The molecule has 0 radical (unpaired) electrons. The second-order valence-corrected chi connectivity index (χ2v) is 6.77. The quantitative estimate of drug-likeness (QED) is 0.931. The van der Waals surface area contributed by atoms with Gasteiger partial charge in [0.2, 0.25) is 10.0 Å². The molecule has 0 saturated heterocycles. The first-order valence-electron chi connectivity index (χ1n) is 6.58. The van der Waals surface area contributed by atoms with E-state index >= 15 is 0 Å². The van der Waals surface area contributed by atoms with Gasteiger partial charge in [-0.2, -0.15) is 0 Å². The molecule has 0 atom stereocenters. The lowest BCUT2D eigenvalue weighted by Gasteiger charge is -2.11. The van der Waals surface area contributed by atoms with E-state index < -0.39 is 15.9 Å². The molecular weight excluding hydrogens is 304 g/mol. The monoisotopic (exact) mass is 322 g/mol. The van der Waals surface area contributed by atoms with Gasteiger partial charge in [0.05, 0.1) is 18.9 Å². The fourth-order valence-corrected chi connectivity index (χ4v) is 2.81. The molecular formula is C15H18N2O4S. The van der Waals surface area contributed by atoms with Gasteiger partial charge in [-0.15, -0.1) is 0 Å². The number of sulfonamides is 1. The van der Waals surface area contributed by atoms with Crippen molar-refractivity contribution < 1.29 is 17.9 Å². The number of carbonyl (C=O) groups excluding carboxylic acids is 1. The predicted octanol–water partition coefficient (Wildman–Crippen LogP) is 1.79. The summed E-state index contributed by atoms with van der Waals surface area (Å²) in [6.07, 6.45) is 0.951. The van der Waals surface area contributed by atoms with Gasteiger partial charge >= 0.3 is 0 Å². The van der Waals surface area contributed by atoms with Crippen molar-refractivity contribution in [3.8, 4) is 11.4 Å². The molecule has 0 aliphatic rings. The topological polar surface area (TPSA) is 77.4 Å². The average molecular weight is 322 g/mol. The Hall–Kier alpha value is -2.28. The molecule has 118 valence electrons. The lowest BCUT2D eigenvalue weighted by molar-refractivity contribution is 0.0981. The van der Waals surface area contributed by atoms with Crippen LogP contribution in [0.25, 0.3) is 5.69 Å².